The van der Waals surface area contributed by atoms with Gasteiger partial charge in [0.2, 0.25) is 0 Å². The number of halogens is 3. The first kappa shape index (κ1) is 14.3. The monoisotopic (exact) mass is 328 g/mol. The quantitative estimate of drug-likeness (QED) is 0.779. The van der Waals surface area contributed by atoms with Gasteiger partial charge in [-0.15, -0.1) is 0 Å². The van der Waals surface area contributed by atoms with Crippen LogP contribution in [0.15, 0.2) is 17.0 Å². The van der Waals surface area contributed by atoms with Crippen molar-refractivity contribution < 1.29 is 13.2 Å². The molecule has 18 heavy (non-hydrogen) atoms. The highest BCUT2D eigenvalue weighted by Crippen LogP contribution is 2.39. The van der Waals surface area contributed by atoms with E-state index >= 15 is 0 Å². The molecule has 0 aliphatic heterocycles. The first-order chi connectivity index (χ1) is 8.39. The zero-order chi connectivity index (χ0) is 13.3. The van der Waals surface area contributed by atoms with Gasteiger partial charge in [0.05, 0.1) is 11.1 Å². The number of ether oxygens (including phenoxy) is 1. The molecule has 0 saturated heterocycles. The fourth-order valence-electron chi connectivity index (χ4n) is 1.98. The van der Waals surface area contributed by atoms with Gasteiger partial charge < -0.3 is 4.74 Å². The summed E-state index contributed by atoms with van der Waals surface area (Å²) >= 11 is 11.9. The molecule has 0 bridgehead atoms. The van der Waals surface area contributed by atoms with Crippen LogP contribution in [0.4, 0.5) is 0 Å². The maximum atomic E-state index is 11.2. The molecular weight excluding hydrogens is 319 g/mol. The van der Waals surface area contributed by atoms with E-state index in [4.69, 9.17) is 38.6 Å². The van der Waals surface area contributed by atoms with Gasteiger partial charge >= 0.3 is 0 Å². The van der Waals surface area contributed by atoms with Gasteiger partial charge in [-0.3, -0.25) is 0 Å². The minimum Gasteiger partial charge on any atom is -0.489 e. The Kier molecular flexibility index (Phi) is 4.32. The molecule has 0 heterocycles. The Bertz CT molecular complexity index is 551. The van der Waals surface area contributed by atoms with Gasteiger partial charge in [-0.2, -0.15) is 0 Å². The van der Waals surface area contributed by atoms with E-state index in [1.807, 2.05) is 0 Å². The third-order valence-electron chi connectivity index (χ3n) is 2.87. The van der Waals surface area contributed by atoms with Crippen LogP contribution in [0.2, 0.25) is 10.0 Å². The average Bonchev–Trinajstić information content (AvgIpc) is 2.76. The van der Waals surface area contributed by atoms with Gasteiger partial charge in [0.1, 0.15) is 15.7 Å². The highest BCUT2D eigenvalue weighted by molar-refractivity contribution is 8.13. The highest BCUT2D eigenvalue weighted by Gasteiger charge is 2.22. The molecule has 100 valence electrons. The summed E-state index contributed by atoms with van der Waals surface area (Å²) in [7, 11) is 1.35. The Morgan fingerprint density at radius 3 is 2.28 bits per heavy atom. The zero-order valence-electron chi connectivity index (χ0n) is 9.33. The van der Waals surface area contributed by atoms with E-state index in [1.165, 1.54) is 12.1 Å². The maximum absolute atomic E-state index is 11.2. The maximum Gasteiger partial charge on any atom is 0.262 e. The SMILES string of the molecule is O=S(=O)(Cl)c1ccc(OC2CCCC2)c(Cl)c1Cl. The molecule has 0 spiro atoms. The summed E-state index contributed by atoms with van der Waals surface area (Å²) in [5.41, 5.74) is 0. The van der Waals surface area contributed by atoms with Crippen molar-refractivity contribution >= 4 is 42.9 Å². The Labute approximate surface area is 120 Å². The molecular formula is C11H11Cl3O3S. The van der Waals surface area contributed by atoms with Crippen molar-refractivity contribution in [2.45, 2.75) is 36.7 Å². The minimum atomic E-state index is -3.90. The van der Waals surface area contributed by atoms with E-state index in [-0.39, 0.29) is 21.0 Å². The molecule has 0 N–H and O–H groups in total. The minimum absolute atomic E-state index is 0.0882. The van der Waals surface area contributed by atoms with Crippen LogP contribution < -0.4 is 4.74 Å². The third kappa shape index (κ3) is 3.05. The van der Waals surface area contributed by atoms with Crippen LogP contribution in [-0.4, -0.2) is 14.5 Å². The summed E-state index contributed by atoms with van der Waals surface area (Å²) in [4.78, 5) is -0.199. The van der Waals surface area contributed by atoms with E-state index in [0.29, 0.717) is 5.75 Å². The molecule has 1 fully saturated rings. The highest BCUT2D eigenvalue weighted by atomic mass is 35.7. The predicted molar refractivity (Wildman–Crippen MR) is 72.4 cm³/mol. The van der Waals surface area contributed by atoms with Crippen molar-refractivity contribution in [1.82, 2.24) is 0 Å². The zero-order valence-corrected chi connectivity index (χ0v) is 12.4. The Morgan fingerprint density at radius 2 is 1.72 bits per heavy atom. The summed E-state index contributed by atoms with van der Waals surface area (Å²) in [6.07, 6.45) is 4.33. The van der Waals surface area contributed by atoms with Crippen LogP contribution in [0.5, 0.6) is 5.75 Å². The number of benzene rings is 1. The lowest BCUT2D eigenvalue weighted by molar-refractivity contribution is 0.210. The standard InChI is InChI=1S/C11H11Cl3O3S/c12-10-8(17-7-3-1-2-4-7)5-6-9(11(10)13)18(14,15)16/h5-7H,1-4H2. The molecule has 1 aliphatic carbocycles. The van der Waals surface area contributed by atoms with Crippen LogP contribution in [0.1, 0.15) is 25.7 Å². The van der Waals surface area contributed by atoms with E-state index in [0.717, 1.165) is 25.7 Å². The lowest BCUT2D eigenvalue weighted by Crippen LogP contribution is -2.11. The molecule has 0 unspecified atom stereocenters. The van der Waals surface area contributed by atoms with Crippen molar-refractivity contribution in [3.8, 4) is 5.75 Å². The van der Waals surface area contributed by atoms with Gasteiger partial charge in [0.25, 0.3) is 9.05 Å². The molecule has 3 nitrogen and oxygen atoms in total. The molecule has 1 aliphatic rings. The van der Waals surface area contributed by atoms with Crippen molar-refractivity contribution in [1.29, 1.82) is 0 Å². The molecule has 2 rings (SSSR count). The Balaban J connectivity index is 2.31. The molecule has 0 amide bonds. The van der Waals surface area contributed by atoms with E-state index < -0.39 is 9.05 Å². The Morgan fingerprint density at radius 1 is 1.11 bits per heavy atom. The molecule has 0 atom stereocenters. The first-order valence-electron chi connectivity index (χ1n) is 5.49. The molecule has 1 saturated carbocycles. The summed E-state index contributed by atoms with van der Waals surface area (Å²) in [6.45, 7) is 0. The molecule has 1 aromatic carbocycles. The van der Waals surface area contributed by atoms with Gasteiger partial charge in [-0.1, -0.05) is 23.2 Å². The van der Waals surface area contributed by atoms with Crippen molar-refractivity contribution in [2.75, 3.05) is 0 Å². The molecule has 0 radical (unpaired) electrons. The van der Waals surface area contributed by atoms with E-state index in [2.05, 4.69) is 0 Å². The van der Waals surface area contributed by atoms with E-state index in [9.17, 15) is 8.42 Å². The molecule has 0 aromatic heterocycles. The van der Waals surface area contributed by atoms with Crippen LogP contribution in [0.25, 0.3) is 0 Å². The molecule has 1 aromatic rings. The second-order valence-corrected chi connectivity index (χ2v) is 7.44. The van der Waals surface area contributed by atoms with Crippen LogP contribution >= 0.6 is 33.9 Å². The van der Waals surface area contributed by atoms with Gasteiger partial charge in [0.15, 0.2) is 0 Å². The normalized spacial score (nSPS) is 17.1. The lowest BCUT2D eigenvalue weighted by Gasteiger charge is -2.15. The second kappa shape index (κ2) is 5.45. The number of rotatable bonds is 3. The fourth-order valence-corrected chi connectivity index (χ4v) is 3.76. The summed E-state index contributed by atoms with van der Waals surface area (Å²) in [5.74, 6) is 0.401. The van der Waals surface area contributed by atoms with E-state index in [1.54, 1.807) is 0 Å². The van der Waals surface area contributed by atoms with Gasteiger partial charge in [-0.05, 0) is 37.8 Å². The summed E-state index contributed by atoms with van der Waals surface area (Å²) < 4.78 is 28.2. The number of hydrogen-bond donors (Lipinski definition) is 0. The number of hydrogen-bond acceptors (Lipinski definition) is 3. The molecule has 7 heteroatoms. The van der Waals surface area contributed by atoms with Crippen LogP contribution in [0.3, 0.4) is 0 Å². The van der Waals surface area contributed by atoms with Gasteiger partial charge in [0, 0.05) is 10.7 Å². The third-order valence-corrected chi connectivity index (χ3v) is 5.21. The Hall–Kier alpha value is -0.160. The van der Waals surface area contributed by atoms with Crippen molar-refractivity contribution in [3.63, 3.8) is 0 Å². The predicted octanol–water partition coefficient (Wildman–Crippen LogP) is 4.24. The van der Waals surface area contributed by atoms with Crippen molar-refractivity contribution in [3.05, 3.63) is 22.2 Å². The summed E-state index contributed by atoms with van der Waals surface area (Å²) in [5, 5.41) is -0.00699. The topological polar surface area (TPSA) is 43.4 Å². The second-order valence-electron chi connectivity index (χ2n) is 4.15. The smallest absolute Gasteiger partial charge is 0.262 e. The van der Waals surface area contributed by atoms with Crippen LogP contribution in [0, 0.1) is 0 Å². The van der Waals surface area contributed by atoms with Gasteiger partial charge in [-0.25, -0.2) is 8.42 Å². The largest absolute Gasteiger partial charge is 0.489 e. The lowest BCUT2D eigenvalue weighted by atomic mass is 10.3. The van der Waals surface area contributed by atoms with Crippen LogP contribution in [-0.2, 0) is 9.05 Å². The fraction of sp³-hybridized carbons (Fsp3) is 0.455. The first-order valence-corrected chi connectivity index (χ1v) is 8.55. The van der Waals surface area contributed by atoms with Crippen molar-refractivity contribution in [2.24, 2.45) is 0 Å². The average molecular weight is 330 g/mol. The summed E-state index contributed by atoms with van der Waals surface area (Å²) in [6, 6.07) is 2.79.